The average molecular weight is 212 g/mol. The third-order valence-corrected chi connectivity index (χ3v) is 2.60. The smallest absolute Gasteiger partial charge is 0.0347 e. The molecule has 0 fully saturated rings. The first-order valence-electron chi connectivity index (χ1n) is 5.43. The Morgan fingerprint density at radius 1 is 0.938 bits per heavy atom. The van der Waals surface area contributed by atoms with E-state index in [4.69, 9.17) is 0 Å². The molecule has 0 atom stereocenters. The van der Waals surface area contributed by atoms with Gasteiger partial charge in [0.1, 0.15) is 0 Å². The van der Waals surface area contributed by atoms with Gasteiger partial charge in [0.15, 0.2) is 0 Å². The van der Waals surface area contributed by atoms with E-state index >= 15 is 0 Å². The lowest BCUT2D eigenvalue weighted by atomic mass is 9.87. The van der Waals surface area contributed by atoms with E-state index < -0.39 is 0 Å². The lowest BCUT2D eigenvalue weighted by molar-refractivity contribution is 0.588. The van der Waals surface area contributed by atoms with Crippen molar-refractivity contribution >= 4 is 0 Å². The lowest BCUT2D eigenvalue weighted by Gasteiger charge is -2.19. The summed E-state index contributed by atoms with van der Waals surface area (Å²) in [5.41, 5.74) is 3.61. The second kappa shape index (κ2) is 4.05. The van der Waals surface area contributed by atoms with Gasteiger partial charge in [0.25, 0.3) is 0 Å². The molecule has 82 valence electrons. The average Bonchev–Trinajstić information content (AvgIpc) is 2.29. The van der Waals surface area contributed by atoms with E-state index in [1.165, 1.54) is 5.56 Å². The molecule has 16 heavy (non-hydrogen) atoms. The molecule has 0 amide bonds. The van der Waals surface area contributed by atoms with Gasteiger partial charge in [-0.3, -0.25) is 9.97 Å². The van der Waals surface area contributed by atoms with Crippen LogP contribution in [-0.2, 0) is 5.41 Å². The highest BCUT2D eigenvalue weighted by atomic mass is 14.6. The molecule has 0 radical (unpaired) electrons. The minimum atomic E-state index is 0.130. The van der Waals surface area contributed by atoms with Crippen LogP contribution in [0.1, 0.15) is 26.3 Å². The molecule has 0 saturated heterocycles. The molecule has 0 aliphatic carbocycles. The van der Waals surface area contributed by atoms with Crippen LogP contribution in [0.15, 0.2) is 43.0 Å². The van der Waals surface area contributed by atoms with E-state index in [0.717, 1.165) is 11.1 Å². The standard InChI is InChI=1S/C14H16N2/c1-14(2,3)13-7-12(9-16-10-13)11-5-4-6-15-8-11/h4-10H,1-3H3. The van der Waals surface area contributed by atoms with E-state index in [-0.39, 0.29) is 5.41 Å². The van der Waals surface area contributed by atoms with Gasteiger partial charge < -0.3 is 0 Å². The van der Waals surface area contributed by atoms with Gasteiger partial charge in [-0.25, -0.2) is 0 Å². The van der Waals surface area contributed by atoms with Crippen molar-refractivity contribution in [3.05, 3.63) is 48.5 Å². The van der Waals surface area contributed by atoms with Gasteiger partial charge in [-0.15, -0.1) is 0 Å². The van der Waals surface area contributed by atoms with Crippen LogP contribution < -0.4 is 0 Å². The topological polar surface area (TPSA) is 25.8 Å². The van der Waals surface area contributed by atoms with E-state index in [0.29, 0.717) is 0 Å². The molecule has 0 spiro atoms. The van der Waals surface area contributed by atoms with Gasteiger partial charge in [-0.05, 0) is 23.1 Å². The zero-order valence-corrected chi connectivity index (χ0v) is 9.94. The van der Waals surface area contributed by atoms with Crippen LogP contribution in [0.2, 0.25) is 0 Å². The highest BCUT2D eigenvalue weighted by molar-refractivity contribution is 5.62. The van der Waals surface area contributed by atoms with Crippen molar-refractivity contribution in [1.29, 1.82) is 0 Å². The monoisotopic (exact) mass is 212 g/mol. The van der Waals surface area contributed by atoms with E-state index in [2.05, 4.69) is 42.9 Å². The summed E-state index contributed by atoms with van der Waals surface area (Å²) < 4.78 is 0. The van der Waals surface area contributed by atoms with Crippen molar-refractivity contribution in [2.75, 3.05) is 0 Å². The molecule has 2 rings (SSSR count). The van der Waals surface area contributed by atoms with Crippen molar-refractivity contribution in [1.82, 2.24) is 9.97 Å². The quantitative estimate of drug-likeness (QED) is 0.723. The number of hydrogen-bond acceptors (Lipinski definition) is 2. The molecule has 2 heteroatoms. The van der Waals surface area contributed by atoms with E-state index in [9.17, 15) is 0 Å². The number of rotatable bonds is 1. The zero-order chi connectivity index (χ0) is 11.6. The third-order valence-electron chi connectivity index (χ3n) is 2.60. The summed E-state index contributed by atoms with van der Waals surface area (Å²) in [7, 11) is 0. The van der Waals surface area contributed by atoms with Crippen LogP contribution in [-0.4, -0.2) is 9.97 Å². The normalized spacial score (nSPS) is 11.4. The van der Waals surface area contributed by atoms with Gasteiger partial charge in [0.2, 0.25) is 0 Å². The molecule has 0 N–H and O–H groups in total. The summed E-state index contributed by atoms with van der Waals surface area (Å²) in [4.78, 5) is 8.42. The molecular formula is C14H16N2. The van der Waals surface area contributed by atoms with Crippen molar-refractivity contribution in [3.63, 3.8) is 0 Å². The minimum Gasteiger partial charge on any atom is -0.264 e. The molecule has 2 heterocycles. The summed E-state index contributed by atoms with van der Waals surface area (Å²) in [6.45, 7) is 6.57. The Balaban J connectivity index is 2.45. The summed E-state index contributed by atoms with van der Waals surface area (Å²) in [6, 6.07) is 6.18. The van der Waals surface area contributed by atoms with Gasteiger partial charge in [0, 0.05) is 35.9 Å². The molecule has 2 aromatic heterocycles. The Morgan fingerprint density at radius 2 is 1.69 bits per heavy atom. The van der Waals surface area contributed by atoms with Gasteiger partial charge in [0.05, 0.1) is 0 Å². The Morgan fingerprint density at radius 3 is 2.31 bits per heavy atom. The molecule has 0 aliphatic heterocycles. The van der Waals surface area contributed by atoms with Crippen molar-refractivity contribution in [2.45, 2.75) is 26.2 Å². The molecule has 0 aromatic carbocycles. The maximum atomic E-state index is 4.30. The number of hydrogen-bond donors (Lipinski definition) is 0. The van der Waals surface area contributed by atoms with Crippen molar-refractivity contribution in [2.24, 2.45) is 0 Å². The first-order chi connectivity index (χ1) is 7.57. The Labute approximate surface area is 96.4 Å². The number of pyridine rings is 2. The Bertz CT molecular complexity index is 470. The summed E-state index contributed by atoms with van der Waals surface area (Å²) in [5.74, 6) is 0. The summed E-state index contributed by atoms with van der Waals surface area (Å²) >= 11 is 0. The lowest BCUT2D eigenvalue weighted by Crippen LogP contribution is -2.11. The molecule has 0 aliphatic rings. The third kappa shape index (κ3) is 2.27. The van der Waals surface area contributed by atoms with Crippen LogP contribution in [0.4, 0.5) is 0 Å². The highest BCUT2D eigenvalue weighted by Gasteiger charge is 2.14. The van der Waals surface area contributed by atoms with E-state index in [1.54, 1.807) is 6.20 Å². The number of aromatic nitrogens is 2. The Kier molecular flexibility index (Phi) is 2.73. The van der Waals surface area contributed by atoms with Gasteiger partial charge in [-0.1, -0.05) is 26.8 Å². The number of nitrogens with zero attached hydrogens (tertiary/aromatic N) is 2. The minimum absolute atomic E-state index is 0.130. The summed E-state index contributed by atoms with van der Waals surface area (Å²) in [5, 5.41) is 0. The summed E-state index contributed by atoms with van der Waals surface area (Å²) in [6.07, 6.45) is 7.46. The van der Waals surface area contributed by atoms with E-state index in [1.807, 2.05) is 24.7 Å². The fourth-order valence-corrected chi connectivity index (χ4v) is 1.54. The maximum absolute atomic E-state index is 4.30. The first-order valence-corrected chi connectivity index (χ1v) is 5.43. The predicted molar refractivity (Wildman–Crippen MR) is 66.2 cm³/mol. The Hall–Kier alpha value is -1.70. The molecule has 0 saturated carbocycles. The second-order valence-corrected chi connectivity index (χ2v) is 4.95. The van der Waals surface area contributed by atoms with Crippen LogP contribution in [0, 0.1) is 0 Å². The van der Waals surface area contributed by atoms with Crippen molar-refractivity contribution in [3.8, 4) is 11.1 Å². The van der Waals surface area contributed by atoms with Crippen LogP contribution in [0.25, 0.3) is 11.1 Å². The predicted octanol–water partition coefficient (Wildman–Crippen LogP) is 3.44. The molecule has 0 unspecified atom stereocenters. The highest BCUT2D eigenvalue weighted by Crippen LogP contribution is 2.25. The second-order valence-electron chi connectivity index (χ2n) is 4.95. The molecular weight excluding hydrogens is 196 g/mol. The first kappa shape index (κ1) is 10.8. The van der Waals surface area contributed by atoms with Crippen molar-refractivity contribution < 1.29 is 0 Å². The fourth-order valence-electron chi connectivity index (χ4n) is 1.54. The SMILES string of the molecule is CC(C)(C)c1cncc(-c2cccnc2)c1. The molecule has 2 nitrogen and oxygen atoms in total. The van der Waals surface area contributed by atoms with Crippen LogP contribution in [0.5, 0.6) is 0 Å². The van der Waals surface area contributed by atoms with Gasteiger partial charge >= 0.3 is 0 Å². The largest absolute Gasteiger partial charge is 0.264 e. The molecule has 0 bridgehead atoms. The zero-order valence-electron chi connectivity index (χ0n) is 9.94. The molecule has 2 aromatic rings. The fraction of sp³-hybridized carbons (Fsp3) is 0.286. The van der Waals surface area contributed by atoms with Gasteiger partial charge in [-0.2, -0.15) is 0 Å². The maximum Gasteiger partial charge on any atom is 0.0347 e. The van der Waals surface area contributed by atoms with Crippen LogP contribution >= 0.6 is 0 Å². The van der Waals surface area contributed by atoms with Crippen LogP contribution in [0.3, 0.4) is 0 Å².